The van der Waals surface area contributed by atoms with Crippen LogP contribution in [0.3, 0.4) is 0 Å². The lowest BCUT2D eigenvalue weighted by Gasteiger charge is -2.32. The van der Waals surface area contributed by atoms with Crippen molar-refractivity contribution in [3.63, 3.8) is 0 Å². The zero-order valence-electron chi connectivity index (χ0n) is 18.1. The second kappa shape index (κ2) is 10.1. The normalized spacial score (nSPS) is 15.8. The van der Waals surface area contributed by atoms with E-state index < -0.39 is 5.97 Å². The number of rotatable bonds is 6. The minimum absolute atomic E-state index is 0.0311. The fourth-order valence-electron chi connectivity index (χ4n) is 3.74. The second-order valence-electron chi connectivity index (χ2n) is 7.85. The quantitative estimate of drug-likeness (QED) is 0.719. The van der Waals surface area contributed by atoms with Crippen LogP contribution in [0.15, 0.2) is 42.5 Å². The van der Waals surface area contributed by atoms with E-state index in [-0.39, 0.29) is 24.3 Å². The van der Waals surface area contributed by atoms with Gasteiger partial charge in [0, 0.05) is 24.3 Å². The highest BCUT2D eigenvalue weighted by molar-refractivity contribution is 5.96. The molecule has 2 amide bonds. The highest BCUT2D eigenvalue weighted by Crippen LogP contribution is 2.22. The van der Waals surface area contributed by atoms with Gasteiger partial charge in [0.15, 0.2) is 6.61 Å². The van der Waals surface area contributed by atoms with Crippen molar-refractivity contribution in [1.82, 2.24) is 4.90 Å². The largest absolute Gasteiger partial charge is 0.482 e. The molecule has 164 valence electrons. The molecule has 1 heterocycles. The number of aryl methyl sites for hydroxylation is 2. The van der Waals surface area contributed by atoms with Gasteiger partial charge < -0.3 is 19.7 Å². The summed E-state index contributed by atoms with van der Waals surface area (Å²) in [4.78, 5) is 38.6. The van der Waals surface area contributed by atoms with Crippen molar-refractivity contribution in [2.45, 2.75) is 26.7 Å². The van der Waals surface area contributed by atoms with E-state index in [1.165, 1.54) is 7.11 Å². The van der Waals surface area contributed by atoms with Gasteiger partial charge in [0.05, 0.1) is 13.0 Å². The molecule has 0 radical (unpaired) electrons. The number of carbonyl (C=O) groups is 3. The molecule has 1 atom stereocenters. The Morgan fingerprint density at radius 1 is 1.06 bits per heavy atom. The molecule has 0 spiro atoms. The van der Waals surface area contributed by atoms with Gasteiger partial charge in [0.2, 0.25) is 5.91 Å². The minimum Gasteiger partial charge on any atom is -0.482 e. The van der Waals surface area contributed by atoms with Crippen LogP contribution in [0.1, 0.15) is 34.3 Å². The van der Waals surface area contributed by atoms with Crippen molar-refractivity contribution in [2.75, 3.05) is 32.1 Å². The summed E-state index contributed by atoms with van der Waals surface area (Å²) in [7, 11) is 1.30. The predicted molar refractivity (Wildman–Crippen MR) is 117 cm³/mol. The van der Waals surface area contributed by atoms with Gasteiger partial charge in [-0.3, -0.25) is 9.59 Å². The number of amides is 2. The molecule has 1 unspecified atom stereocenters. The van der Waals surface area contributed by atoms with Gasteiger partial charge in [0.25, 0.3) is 5.91 Å². The van der Waals surface area contributed by atoms with Crippen LogP contribution in [0.2, 0.25) is 0 Å². The third-order valence-corrected chi connectivity index (χ3v) is 5.25. The number of methoxy groups -OCH3 is 1. The number of hydrogen-bond acceptors (Lipinski definition) is 5. The average molecular weight is 424 g/mol. The molecule has 7 nitrogen and oxygen atoms in total. The van der Waals surface area contributed by atoms with Crippen LogP contribution in [0.5, 0.6) is 5.75 Å². The summed E-state index contributed by atoms with van der Waals surface area (Å²) in [5, 5.41) is 2.91. The Bertz CT molecular complexity index is 935. The SMILES string of the molecule is COC(=O)COc1ccc(NC(=O)C2CCCN(C(=O)c3cc(C)cc(C)c3)C2)cc1. The molecular formula is C24H28N2O5. The third-order valence-electron chi connectivity index (χ3n) is 5.25. The van der Waals surface area contributed by atoms with Crippen LogP contribution >= 0.6 is 0 Å². The van der Waals surface area contributed by atoms with Gasteiger partial charge in [-0.25, -0.2) is 4.79 Å². The lowest BCUT2D eigenvalue weighted by molar-refractivity contribution is -0.142. The lowest BCUT2D eigenvalue weighted by Crippen LogP contribution is -2.43. The summed E-state index contributed by atoms with van der Waals surface area (Å²) in [6, 6.07) is 12.6. The number of nitrogens with one attached hydrogen (secondary N) is 1. The molecule has 0 aliphatic carbocycles. The van der Waals surface area contributed by atoms with Gasteiger partial charge in [-0.05, 0) is 63.1 Å². The number of anilines is 1. The Balaban J connectivity index is 1.58. The van der Waals surface area contributed by atoms with Crippen LogP contribution in [-0.4, -0.2) is 49.5 Å². The van der Waals surface area contributed by atoms with Crippen molar-refractivity contribution >= 4 is 23.5 Å². The van der Waals surface area contributed by atoms with Crippen LogP contribution in [0.25, 0.3) is 0 Å². The summed E-state index contributed by atoms with van der Waals surface area (Å²) in [6.45, 7) is 4.83. The Labute approximate surface area is 182 Å². The fourth-order valence-corrected chi connectivity index (χ4v) is 3.74. The smallest absolute Gasteiger partial charge is 0.343 e. The first-order valence-electron chi connectivity index (χ1n) is 10.3. The number of nitrogens with zero attached hydrogens (tertiary/aromatic N) is 1. The average Bonchev–Trinajstić information content (AvgIpc) is 2.77. The topological polar surface area (TPSA) is 84.9 Å². The van der Waals surface area contributed by atoms with Gasteiger partial charge in [-0.15, -0.1) is 0 Å². The van der Waals surface area contributed by atoms with Crippen molar-refractivity contribution < 1.29 is 23.9 Å². The predicted octanol–water partition coefficient (Wildman–Crippen LogP) is 3.35. The highest BCUT2D eigenvalue weighted by atomic mass is 16.6. The molecule has 31 heavy (non-hydrogen) atoms. The molecule has 2 aromatic carbocycles. The van der Waals surface area contributed by atoms with Gasteiger partial charge in [-0.1, -0.05) is 17.2 Å². The van der Waals surface area contributed by atoms with Gasteiger partial charge in [-0.2, -0.15) is 0 Å². The zero-order chi connectivity index (χ0) is 22.4. The standard InChI is InChI=1S/C24H28N2O5/c1-16-11-17(2)13-19(12-16)24(29)26-10-4-5-18(14-26)23(28)25-20-6-8-21(9-7-20)31-15-22(27)30-3/h6-9,11-13,18H,4-5,10,14-15H2,1-3H3,(H,25,28). The molecular weight excluding hydrogens is 396 g/mol. The number of benzene rings is 2. The summed E-state index contributed by atoms with van der Waals surface area (Å²) in [6.07, 6.45) is 1.53. The number of hydrogen-bond donors (Lipinski definition) is 1. The minimum atomic E-state index is -0.463. The van der Waals surface area contributed by atoms with E-state index in [4.69, 9.17) is 4.74 Å². The van der Waals surface area contributed by atoms with E-state index in [2.05, 4.69) is 10.1 Å². The molecule has 1 aliphatic rings. The highest BCUT2D eigenvalue weighted by Gasteiger charge is 2.29. The van der Waals surface area contributed by atoms with E-state index in [1.54, 1.807) is 29.2 Å². The Morgan fingerprint density at radius 3 is 2.39 bits per heavy atom. The summed E-state index contributed by atoms with van der Waals surface area (Å²) < 4.78 is 9.83. The number of esters is 1. The van der Waals surface area contributed by atoms with Crippen LogP contribution in [0, 0.1) is 19.8 Å². The molecule has 0 aromatic heterocycles. The maximum atomic E-state index is 12.9. The first-order chi connectivity index (χ1) is 14.9. The van der Waals surface area contributed by atoms with E-state index in [0.717, 1.165) is 24.0 Å². The van der Waals surface area contributed by atoms with Crippen molar-refractivity contribution in [1.29, 1.82) is 0 Å². The van der Waals surface area contributed by atoms with Crippen molar-refractivity contribution in [3.05, 3.63) is 59.2 Å². The maximum absolute atomic E-state index is 12.9. The van der Waals surface area contributed by atoms with Crippen molar-refractivity contribution in [2.24, 2.45) is 5.92 Å². The fraction of sp³-hybridized carbons (Fsp3) is 0.375. The van der Waals surface area contributed by atoms with E-state index >= 15 is 0 Å². The van der Waals surface area contributed by atoms with E-state index in [1.807, 2.05) is 32.0 Å². The second-order valence-corrected chi connectivity index (χ2v) is 7.85. The van der Waals surface area contributed by atoms with Crippen LogP contribution in [0.4, 0.5) is 5.69 Å². The molecule has 1 fully saturated rings. The van der Waals surface area contributed by atoms with E-state index in [9.17, 15) is 14.4 Å². The van der Waals surface area contributed by atoms with E-state index in [0.29, 0.717) is 30.1 Å². The van der Waals surface area contributed by atoms with Gasteiger partial charge >= 0.3 is 5.97 Å². The monoisotopic (exact) mass is 424 g/mol. The lowest BCUT2D eigenvalue weighted by atomic mass is 9.96. The maximum Gasteiger partial charge on any atom is 0.343 e. The summed E-state index contributed by atoms with van der Waals surface area (Å²) in [5.74, 6) is -0.364. The molecule has 2 aromatic rings. The zero-order valence-corrected chi connectivity index (χ0v) is 18.1. The molecule has 7 heteroatoms. The number of carbonyl (C=O) groups excluding carboxylic acids is 3. The van der Waals surface area contributed by atoms with Gasteiger partial charge in [0.1, 0.15) is 5.75 Å². The van der Waals surface area contributed by atoms with Crippen molar-refractivity contribution in [3.8, 4) is 5.75 Å². The third kappa shape index (κ3) is 6.07. The molecule has 3 rings (SSSR count). The molecule has 1 aliphatic heterocycles. The molecule has 0 bridgehead atoms. The first-order valence-corrected chi connectivity index (χ1v) is 10.3. The first kappa shape index (κ1) is 22.3. The molecule has 0 saturated carbocycles. The molecule has 1 saturated heterocycles. The Hall–Kier alpha value is -3.35. The Kier molecular flexibility index (Phi) is 7.28. The summed E-state index contributed by atoms with van der Waals surface area (Å²) >= 11 is 0. The van der Waals surface area contributed by atoms with Crippen LogP contribution in [-0.2, 0) is 14.3 Å². The summed E-state index contributed by atoms with van der Waals surface area (Å²) in [5.41, 5.74) is 3.40. The van der Waals surface area contributed by atoms with Crippen LogP contribution < -0.4 is 10.1 Å². The number of piperidine rings is 1. The number of ether oxygens (including phenoxy) is 2. The Morgan fingerprint density at radius 2 is 1.74 bits per heavy atom. The molecule has 1 N–H and O–H groups in total. The number of likely N-dealkylation sites (tertiary alicyclic amines) is 1.